The number of aliphatic hydroxyl groups is 1. The van der Waals surface area contributed by atoms with Gasteiger partial charge in [0.1, 0.15) is 18.2 Å². The molecule has 2 heterocycles. The zero-order valence-electron chi connectivity index (χ0n) is 19.1. The second-order valence-corrected chi connectivity index (χ2v) is 8.98. The molecule has 34 heavy (non-hydrogen) atoms. The molecule has 0 aliphatic rings. The van der Waals surface area contributed by atoms with Crippen LogP contribution in [0.1, 0.15) is 34.4 Å². The van der Waals surface area contributed by atoms with Gasteiger partial charge in [-0.25, -0.2) is 4.98 Å². The van der Waals surface area contributed by atoms with Crippen LogP contribution in [0, 0.1) is 0 Å². The summed E-state index contributed by atoms with van der Waals surface area (Å²) in [5.41, 5.74) is 2.33. The van der Waals surface area contributed by atoms with Crippen molar-refractivity contribution >= 4 is 28.7 Å². The zero-order valence-corrected chi connectivity index (χ0v) is 19.9. The fourth-order valence-corrected chi connectivity index (χ4v) is 4.31. The number of fused-ring (bicyclic) bond motifs is 1. The van der Waals surface area contributed by atoms with Gasteiger partial charge in [-0.1, -0.05) is 30.3 Å². The SMILES string of the molecule is CSCCC(NC(=O)c1ccccc1)c1nc2ccccc2n1CC(O)COCc1ccco1. The number of benzene rings is 2. The fourth-order valence-electron chi connectivity index (χ4n) is 3.84. The van der Waals surface area contributed by atoms with Crippen molar-refractivity contribution in [1.29, 1.82) is 0 Å². The highest BCUT2D eigenvalue weighted by molar-refractivity contribution is 7.98. The lowest BCUT2D eigenvalue weighted by molar-refractivity contribution is 0.0146. The van der Waals surface area contributed by atoms with Crippen molar-refractivity contribution in [2.75, 3.05) is 18.6 Å². The number of ether oxygens (including phenoxy) is 1. The molecule has 0 saturated carbocycles. The number of nitrogens with one attached hydrogen (secondary N) is 1. The summed E-state index contributed by atoms with van der Waals surface area (Å²) in [5, 5.41) is 13.9. The average molecular weight is 480 g/mol. The van der Waals surface area contributed by atoms with E-state index >= 15 is 0 Å². The van der Waals surface area contributed by atoms with E-state index in [0.29, 0.717) is 30.9 Å². The summed E-state index contributed by atoms with van der Waals surface area (Å²) < 4.78 is 12.9. The van der Waals surface area contributed by atoms with Crippen molar-refractivity contribution in [2.45, 2.75) is 31.7 Å². The van der Waals surface area contributed by atoms with Crippen LogP contribution in [0.25, 0.3) is 11.0 Å². The molecule has 4 aromatic rings. The number of aromatic nitrogens is 2. The van der Waals surface area contributed by atoms with Crippen LogP contribution in [0.15, 0.2) is 77.4 Å². The van der Waals surface area contributed by atoms with Gasteiger partial charge in [-0.05, 0) is 54.8 Å². The third-order valence-electron chi connectivity index (χ3n) is 5.48. The molecule has 2 aromatic carbocycles. The zero-order chi connectivity index (χ0) is 23.8. The third-order valence-corrected chi connectivity index (χ3v) is 6.12. The van der Waals surface area contributed by atoms with Gasteiger partial charge in [0.2, 0.25) is 0 Å². The molecule has 0 radical (unpaired) electrons. The Balaban J connectivity index is 1.56. The Morgan fingerprint density at radius 3 is 2.71 bits per heavy atom. The minimum atomic E-state index is -0.752. The molecule has 2 N–H and O–H groups in total. The molecule has 8 heteroatoms. The molecular weight excluding hydrogens is 450 g/mol. The number of imidazole rings is 1. The Labute approximate surface area is 203 Å². The highest BCUT2D eigenvalue weighted by Crippen LogP contribution is 2.25. The number of carbonyl (C=O) groups excluding carboxylic acids is 1. The standard InChI is InChI=1S/C26H29N3O4S/c1-34-15-13-23(28-26(31)19-8-3-2-4-9-19)25-27-22-11-5-6-12-24(22)29(25)16-20(30)17-32-18-21-10-7-14-33-21/h2-12,14,20,23,30H,13,15-18H2,1H3,(H,28,31). The molecule has 2 atom stereocenters. The van der Waals surface area contributed by atoms with E-state index in [1.54, 1.807) is 36.2 Å². The molecule has 1 amide bonds. The van der Waals surface area contributed by atoms with Crippen molar-refractivity contribution in [3.05, 3.63) is 90.1 Å². The predicted octanol–water partition coefficient (Wildman–Crippen LogP) is 4.43. The summed E-state index contributed by atoms with van der Waals surface area (Å²) in [6, 6.07) is 20.3. The molecule has 0 fully saturated rings. The molecule has 2 unspecified atom stereocenters. The first-order valence-electron chi connectivity index (χ1n) is 11.2. The quantitative estimate of drug-likeness (QED) is 0.312. The van der Waals surface area contributed by atoms with Crippen molar-refractivity contribution in [2.24, 2.45) is 0 Å². The first-order valence-corrected chi connectivity index (χ1v) is 12.6. The van der Waals surface area contributed by atoms with Gasteiger partial charge in [-0.3, -0.25) is 4.79 Å². The number of hydrogen-bond acceptors (Lipinski definition) is 6. The van der Waals surface area contributed by atoms with Crippen LogP contribution in [0.4, 0.5) is 0 Å². The molecule has 0 aliphatic heterocycles. The molecule has 2 aromatic heterocycles. The van der Waals surface area contributed by atoms with Gasteiger partial charge in [0.25, 0.3) is 5.91 Å². The predicted molar refractivity (Wildman–Crippen MR) is 134 cm³/mol. The summed E-state index contributed by atoms with van der Waals surface area (Å²) in [6.45, 7) is 0.745. The number of hydrogen-bond donors (Lipinski definition) is 2. The molecule has 0 bridgehead atoms. The second kappa shape index (κ2) is 11.9. The van der Waals surface area contributed by atoms with E-state index in [4.69, 9.17) is 14.1 Å². The second-order valence-electron chi connectivity index (χ2n) is 7.99. The number of para-hydroxylation sites is 2. The summed E-state index contributed by atoms with van der Waals surface area (Å²) >= 11 is 1.72. The Morgan fingerprint density at radius 1 is 1.15 bits per heavy atom. The minimum Gasteiger partial charge on any atom is -0.467 e. The normalized spacial score (nSPS) is 13.1. The number of carbonyl (C=O) groups is 1. The molecule has 178 valence electrons. The fraction of sp³-hybridized carbons (Fsp3) is 0.308. The van der Waals surface area contributed by atoms with E-state index in [1.165, 1.54) is 0 Å². The van der Waals surface area contributed by atoms with Crippen LogP contribution < -0.4 is 5.32 Å². The minimum absolute atomic E-state index is 0.146. The van der Waals surface area contributed by atoms with Crippen molar-refractivity contribution in [3.8, 4) is 0 Å². The molecule has 7 nitrogen and oxygen atoms in total. The van der Waals surface area contributed by atoms with E-state index in [-0.39, 0.29) is 18.6 Å². The highest BCUT2D eigenvalue weighted by atomic mass is 32.2. The van der Waals surface area contributed by atoms with Gasteiger partial charge >= 0.3 is 0 Å². The molecule has 0 aliphatic carbocycles. The maximum absolute atomic E-state index is 13.0. The lowest BCUT2D eigenvalue weighted by Crippen LogP contribution is -2.32. The van der Waals surface area contributed by atoms with Crippen molar-refractivity contribution in [3.63, 3.8) is 0 Å². The van der Waals surface area contributed by atoms with Crippen LogP contribution in [-0.2, 0) is 17.9 Å². The van der Waals surface area contributed by atoms with Crippen LogP contribution >= 0.6 is 11.8 Å². The number of furan rings is 1. The lowest BCUT2D eigenvalue weighted by Gasteiger charge is -2.21. The highest BCUT2D eigenvalue weighted by Gasteiger charge is 2.24. The van der Waals surface area contributed by atoms with Crippen LogP contribution in [-0.4, -0.2) is 45.3 Å². The average Bonchev–Trinajstić information content (AvgIpc) is 3.50. The first-order chi connectivity index (χ1) is 16.7. The van der Waals surface area contributed by atoms with Gasteiger partial charge in [0, 0.05) is 5.56 Å². The van der Waals surface area contributed by atoms with Gasteiger partial charge in [0.15, 0.2) is 0 Å². The summed E-state index contributed by atoms with van der Waals surface area (Å²) in [4.78, 5) is 17.8. The van der Waals surface area contributed by atoms with Crippen molar-refractivity contribution in [1.82, 2.24) is 14.9 Å². The van der Waals surface area contributed by atoms with Crippen LogP contribution in [0.5, 0.6) is 0 Å². The Morgan fingerprint density at radius 2 is 1.94 bits per heavy atom. The van der Waals surface area contributed by atoms with E-state index < -0.39 is 6.10 Å². The smallest absolute Gasteiger partial charge is 0.251 e. The summed E-state index contributed by atoms with van der Waals surface area (Å²) in [7, 11) is 0. The van der Waals surface area contributed by atoms with Crippen molar-refractivity contribution < 1.29 is 19.1 Å². The monoisotopic (exact) mass is 479 g/mol. The van der Waals surface area contributed by atoms with E-state index in [1.807, 2.05) is 59.4 Å². The van der Waals surface area contributed by atoms with Crippen LogP contribution in [0.3, 0.4) is 0 Å². The lowest BCUT2D eigenvalue weighted by atomic mass is 10.1. The number of rotatable bonds is 12. The topological polar surface area (TPSA) is 89.5 Å². The number of aliphatic hydroxyl groups excluding tert-OH is 1. The Kier molecular flexibility index (Phi) is 8.41. The molecular formula is C26H29N3O4S. The molecule has 0 spiro atoms. The van der Waals surface area contributed by atoms with Gasteiger partial charge in [-0.2, -0.15) is 11.8 Å². The number of nitrogens with zero attached hydrogens (tertiary/aromatic N) is 2. The summed E-state index contributed by atoms with van der Waals surface area (Å²) in [6.07, 6.45) is 3.60. The Hall–Kier alpha value is -3.07. The van der Waals surface area contributed by atoms with Gasteiger partial charge < -0.3 is 24.1 Å². The molecule has 4 rings (SSSR count). The van der Waals surface area contributed by atoms with E-state index in [9.17, 15) is 9.90 Å². The first kappa shape index (κ1) is 24.1. The van der Waals surface area contributed by atoms with Gasteiger partial charge in [-0.15, -0.1) is 0 Å². The molecule has 0 saturated heterocycles. The third kappa shape index (κ3) is 6.08. The van der Waals surface area contributed by atoms with Crippen LogP contribution in [0.2, 0.25) is 0 Å². The van der Waals surface area contributed by atoms with Gasteiger partial charge in [0.05, 0.1) is 42.6 Å². The van der Waals surface area contributed by atoms with E-state index in [2.05, 4.69) is 5.32 Å². The number of amides is 1. The maximum atomic E-state index is 13.0. The number of thioether (sulfide) groups is 1. The largest absolute Gasteiger partial charge is 0.467 e. The Bertz CT molecular complexity index is 1180. The maximum Gasteiger partial charge on any atom is 0.251 e. The van der Waals surface area contributed by atoms with E-state index in [0.717, 1.165) is 22.6 Å². The summed E-state index contributed by atoms with van der Waals surface area (Å²) in [5.74, 6) is 2.15.